The van der Waals surface area contributed by atoms with Crippen LogP contribution in [-0.4, -0.2) is 23.9 Å². The van der Waals surface area contributed by atoms with Gasteiger partial charge in [0.2, 0.25) is 0 Å². The van der Waals surface area contributed by atoms with Crippen molar-refractivity contribution in [3.63, 3.8) is 0 Å². The summed E-state index contributed by atoms with van der Waals surface area (Å²) in [5, 5.41) is 0. The minimum absolute atomic E-state index is 0.126. The summed E-state index contributed by atoms with van der Waals surface area (Å²) in [7, 11) is 1.94. The van der Waals surface area contributed by atoms with E-state index in [-0.39, 0.29) is 5.91 Å². The smallest absolute Gasteiger partial charge is 0.254 e. The standard InChI is InChI=1S/C17H24BrNO/c1-12-5-6-14(15(18)11-12)16(20)19(4)13-7-9-17(2,3)10-8-13/h5-6,11,13H,7-10H2,1-4H3. The minimum Gasteiger partial charge on any atom is -0.339 e. The zero-order valence-electron chi connectivity index (χ0n) is 12.9. The fourth-order valence-electron chi connectivity index (χ4n) is 2.92. The van der Waals surface area contributed by atoms with Gasteiger partial charge in [0.25, 0.3) is 5.91 Å². The Bertz CT molecular complexity index is 500. The molecule has 2 nitrogen and oxygen atoms in total. The Kier molecular flexibility index (Phi) is 4.58. The highest BCUT2D eigenvalue weighted by molar-refractivity contribution is 9.10. The summed E-state index contributed by atoms with van der Waals surface area (Å²) in [6, 6.07) is 6.30. The van der Waals surface area contributed by atoms with Gasteiger partial charge >= 0.3 is 0 Å². The van der Waals surface area contributed by atoms with Crippen molar-refractivity contribution in [1.82, 2.24) is 4.90 Å². The maximum absolute atomic E-state index is 12.6. The topological polar surface area (TPSA) is 20.3 Å². The number of halogens is 1. The van der Waals surface area contributed by atoms with Gasteiger partial charge in [-0.05, 0) is 71.6 Å². The molecule has 1 aliphatic carbocycles. The maximum Gasteiger partial charge on any atom is 0.254 e. The zero-order valence-corrected chi connectivity index (χ0v) is 14.5. The molecular weight excluding hydrogens is 314 g/mol. The monoisotopic (exact) mass is 337 g/mol. The van der Waals surface area contributed by atoms with E-state index in [0.717, 1.165) is 28.4 Å². The second kappa shape index (κ2) is 5.88. The van der Waals surface area contributed by atoms with Gasteiger partial charge in [0.05, 0.1) is 5.56 Å². The molecule has 1 fully saturated rings. The Balaban J connectivity index is 2.09. The number of carbonyl (C=O) groups is 1. The number of aryl methyl sites for hydroxylation is 1. The van der Waals surface area contributed by atoms with Gasteiger partial charge in [0, 0.05) is 17.6 Å². The molecule has 20 heavy (non-hydrogen) atoms. The van der Waals surface area contributed by atoms with Crippen LogP contribution in [0.15, 0.2) is 22.7 Å². The third-order valence-electron chi connectivity index (χ3n) is 4.53. The van der Waals surface area contributed by atoms with Crippen molar-refractivity contribution in [2.75, 3.05) is 7.05 Å². The molecule has 0 heterocycles. The molecule has 2 rings (SSSR count). The SMILES string of the molecule is Cc1ccc(C(=O)N(C)C2CCC(C)(C)CC2)c(Br)c1. The maximum atomic E-state index is 12.6. The van der Waals surface area contributed by atoms with Gasteiger partial charge in [-0.15, -0.1) is 0 Å². The van der Waals surface area contributed by atoms with Crippen LogP contribution in [-0.2, 0) is 0 Å². The lowest BCUT2D eigenvalue weighted by atomic mass is 9.75. The summed E-state index contributed by atoms with van der Waals surface area (Å²) in [6.45, 7) is 6.68. The Morgan fingerprint density at radius 3 is 2.45 bits per heavy atom. The molecule has 1 amide bonds. The average Bonchev–Trinajstić information content (AvgIpc) is 2.37. The molecule has 0 radical (unpaired) electrons. The summed E-state index contributed by atoms with van der Waals surface area (Å²) in [5.41, 5.74) is 2.36. The molecule has 0 aliphatic heterocycles. The van der Waals surface area contributed by atoms with Crippen molar-refractivity contribution in [2.24, 2.45) is 5.41 Å². The molecule has 1 aromatic carbocycles. The lowest BCUT2D eigenvalue weighted by Gasteiger charge is -2.38. The van der Waals surface area contributed by atoms with E-state index < -0.39 is 0 Å². The van der Waals surface area contributed by atoms with E-state index in [0.29, 0.717) is 11.5 Å². The second-order valence-electron chi connectivity index (χ2n) is 6.79. The largest absolute Gasteiger partial charge is 0.339 e. The molecule has 1 aliphatic rings. The van der Waals surface area contributed by atoms with Crippen LogP contribution in [0.2, 0.25) is 0 Å². The Hall–Kier alpha value is -0.830. The molecule has 0 saturated heterocycles. The van der Waals surface area contributed by atoms with Gasteiger partial charge in [0.15, 0.2) is 0 Å². The van der Waals surface area contributed by atoms with E-state index in [1.54, 1.807) is 0 Å². The number of nitrogens with zero attached hydrogens (tertiary/aromatic N) is 1. The first-order chi connectivity index (χ1) is 9.30. The fourth-order valence-corrected chi connectivity index (χ4v) is 3.58. The molecule has 0 spiro atoms. The molecule has 0 N–H and O–H groups in total. The van der Waals surface area contributed by atoms with Crippen molar-refractivity contribution in [3.8, 4) is 0 Å². The molecular formula is C17H24BrNO. The predicted octanol–water partition coefficient (Wildman–Crippen LogP) is 4.80. The third kappa shape index (κ3) is 3.43. The van der Waals surface area contributed by atoms with E-state index in [1.165, 1.54) is 12.8 Å². The Morgan fingerprint density at radius 1 is 1.30 bits per heavy atom. The summed E-state index contributed by atoms with van der Waals surface area (Å²) in [6.07, 6.45) is 4.62. The number of benzene rings is 1. The summed E-state index contributed by atoms with van der Waals surface area (Å²) in [5.74, 6) is 0.126. The van der Waals surface area contributed by atoms with Crippen LogP contribution in [0.25, 0.3) is 0 Å². The highest BCUT2D eigenvalue weighted by atomic mass is 79.9. The van der Waals surface area contributed by atoms with Gasteiger partial charge in [0.1, 0.15) is 0 Å². The second-order valence-corrected chi connectivity index (χ2v) is 7.65. The number of rotatable bonds is 2. The quantitative estimate of drug-likeness (QED) is 0.759. The zero-order chi connectivity index (χ0) is 14.9. The van der Waals surface area contributed by atoms with Gasteiger partial charge in [-0.3, -0.25) is 4.79 Å². The molecule has 0 bridgehead atoms. The summed E-state index contributed by atoms with van der Waals surface area (Å²) < 4.78 is 0.894. The highest BCUT2D eigenvalue weighted by Crippen LogP contribution is 2.37. The molecule has 0 atom stereocenters. The fraction of sp³-hybridized carbons (Fsp3) is 0.588. The first-order valence-corrected chi connectivity index (χ1v) is 8.13. The van der Waals surface area contributed by atoms with Crippen molar-refractivity contribution in [2.45, 2.75) is 52.5 Å². The number of carbonyl (C=O) groups excluding carboxylic acids is 1. The highest BCUT2D eigenvalue weighted by Gasteiger charge is 2.31. The van der Waals surface area contributed by atoms with Crippen LogP contribution in [0, 0.1) is 12.3 Å². The first kappa shape index (κ1) is 15.6. The average molecular weight is 338 g/mol. The number of amides is 1. The van der Waals surface area contributed by atoms with Crippen LogP contribution < -0.4 is 0 Å². The van der Waals surface area contributed by atoms with Gasteiger partial charge in [-0.25, -0.2) is 0 Å². The van der Waals surface area contributed by atoms with E-state index >= 15 is 0 Å². The summed E-state index contributed by atoms with van der Waals surface area (Å²) >= 11 is 3.51. The lowest BCUT2D eigenvalue weighted by molar-refractivity contribution is 0.0634. The summed E-state index contributed by atoms with van der Waals surface area (Å²) in [4.78, 5) is 14.6. The van der Waals surface area contributed by atoms with Gasteiger partial charge < -0.3 is 4.90 Å². The molecule has 1 saturated carbocycles. The normalized spacial score (nSPS) is 18.9. The Morgan fingerprint density at radius 2 is 1.90 bits per heavy atom. The Labute approximate surface area is 130 Å². The van der Waals surface area contributed by atoms with Crippen LogP contribution >= 0.6 is 15.9 Å². The minimum atomic E-state index is 0.126. The van der Waals surface area contributed by atoms with Crippen molar-refractivity contribution >= 4 is 21.8 Å². The first-order valence-electron chi connectivity index (χ1n) is 7.33. The number of hydrogen-bond acceptors (Lipinski definition) is 1. The van der Waals surface area contributed by atoms with E-state index in [2.05, 4.69) is 29.8 Å². The van der Waals surface area contributed by atoms with Crippen molar-refractivity contribution in [3.05, 3.63) is 33.8 Å². The van der Waals surface area contributed by atoms with Crippen LogP contribution in [0.1, 0.15) is 55.5 Å². The molecule has 3 heteroatoms. The van der Waals surface area contributed by atoms with Crippen molar-refractivity contribution in [1.29, 1.82) is 0 Å². The van der Waals surface area contributed by atoms with E-state index in [9.17, 15) is 4.79 Å². The van der Waals surface area contributed by atoms with Gasteiger partial charge in [-0.1, -0.05) is 19.9 Å². The molecule has 0 aromatic heterocycles. The van der Waals surface area contributed by atoms with Gasteiger partial charge in [-0.2, -0.15) is 0 Å². The third-order valence-corrected chi connectivity index (χ3v) is 5.19. The number of hydrogen-bond donors (Lipinski definition) is 0. The van der Waals surface area contributed by atoms with Crippen LogP contribution in [0.5, 0.6) is 0 Å². The molecule has 0 unspecified atom stereocenters. The molecule has 1 aromatic rings. The lowest BCUT2D eigenvalue weighted by Crippen LogP contribution is -2.41. The predicted molar refractivity (Wildman–Crippen MR) is 87.0 cm³/mol. The van der Waals surface area contributed by atoms with Crippen LogP contribution in [0.4, 0.5) is 0 Å². The van der Waals surface area contributed by atoms with E-state index in [1.807, 2.05) is 37.1 Å². The van der Waals surface area contributed by atoms with E-state index in [4.69, 9.17) is 0 Å². The van der Waals surface area contributed by atoms with Crippen molar-refractivity contribution < 1.29 is 4.79 Å². The van der Waals surface area contributed by atoms with Crippen LogP contribution in [0.3, 0.4) is 0 Å². The molecule has 110 valence electrons.